The topological polar surface area (TPSA) is 81.7 Å². The third-order valence-corrected chi connectivity index (χ3v) is 8.15. The van der Waals surface area contributed by atoms with Gasteiger partial charge in [0.1, 0.15) is 0 Å². The van der Waals surface area contributed by atoms with Gasteiger partial charge in [-0.1, -0.05) is 129 Å². The fourth-order valence-electron chi connectivity index (χ4n) is 5.34. The van der Waals surface area contributed by atoms with Gasteiger partial charge in [0.05, 0.1) is 0 Å². The number of hydrogen-bond acceptors (Lipinski definition) is 4. The van der Waals surface area contributed by atoms with E-state index in [1.807, 2.05) is 0 Å². The summed E-state index contributed by atoms with van der Waals surface area (Å²) >= 11 is 0. The average Bonchev–Trinajstić information content (AvgIpc) is 2.97. The number of carbonyl (C=O) groups excluding carboxylic acids is 2. The molecule has 0 heterocycles. The number of hydrogen-bond donors (Lipinski definition) is 3. The molecule has 0 saturated heterocycles. The van der Waals surface area contributed by atoms with Crippen molar-refractivity contribution in [1.29, 1.82) is 0 Å². The maximum atomic E-state index is 12.4. The molecule has 0 saturated carbocycles. The third-order valence-electron chi connectivity index (χ3n) is 8.15. The van der Waals surface area contributed by atoms with Crippen LogP contribution in [0.3, 0.4) is 0 Å². The molecule has 0 atom stereocenters. The number of carbonyl (C=O) groups is 2. The Kier molecular flexibility index (Phi) is 32.4. The average molecular weight is 582 g/mol. The van der Waals surface area contributed by atoms with Crippen LogP contribution in [0.1, 0.15) is 174 Å². The zero-order chi connectivity index (χ0) is 30.1. The first-order chi connectivity index (χ1) is 20.1. The molecule has 0 aromatic heterocycles. The molecule has 0 fully saturated rings. The quantitative estimate of drug-likeness (QED) is 0.0681. The lowest BCUT2D eigenvalue weighted by molar-refractivity contribution is -0.121. The lowest BCUT2D eigenvalue weighted by Crippen LogP contribution is -2.35. The van der Waals surface area contributed by atoms with Crippen molar-refractivity contribution in [2.24, 2.45) is 0 Å². The monoisotopic (exact) mass is 582 g/mol. The molecule has 41 heavy (non-hydrogen) atoms. The van der Waals surface area contributed by atoms with E-state index in [9.17, 15) is 9.59 Å². The van der Waals surface area contributed by atoms with Crippen LogP contribution < -0.4 is 10.6 Å². The molecule has 0 aliphatic rings. The Hall–Kier alpha value is -1.14. The number of unbranched alkanes of at least 4 members (excludes halogenated alkanes) is 20. The van der Waals surface area contributed by atoms with Gasteiger partial charge in [-0.25, -0.2) is 0 Å². The number of aliphatic hydroxyl groups excluding tert-OH is 1. The first-order valence-electron chi connectivity index (χ1n) is 18.0. The van der Waals surface area contributed by atoms with E-state index in [0.29, 0.717) is 25.9 Å². The highest BCUT2D eigenvalue weighted by Gasteiger charge is 2.11. The van der Waals surface area contributed by atoms with E-state index in [-0.39, 0.29) is 18.4 Å². The molecule has 2 amide bonds. The van der Waals surface area contributed by atoms with Crippen LogP contribution in [0.15, 0.2) is 0 Å². The van der Waals surface area contributed by atoms with Crippen LogP contribution in [0.2, 0.25) is 0 Å². The number of aliphatic hydroxyl groups is 1. The summed E-state index contributed by atoms with van der Waals surface area (Å²) in [4.78, 5) is 27.0. The summed E-state index contributed by atoms with van der Waals surface area (Å²) in [5, 5.41) is 15.3. The predicted octanol–water partition coefficient (Wildman–Crippen LogP) is 8.31. The Balaban J connectivity index is 3.92. The molecule has 0 aliphatic carbocycles. The van der Waals surface area contributed by atoms with Gasteiger partial charge in [-0.05, 0) is 38.6 Å². The van der Waals surface area contributed by atoms with Crippen LogP contribution in [-0.2, 0) is 9.59 Å². The molecule has 3 N–H and O–H groups in total. The van der Waals surface area contributed by atoms with Crippen molar-refractivity contribution in [2.75, 3.05) is 39.3 Å². The Morgan fingerprint density at radius 1 is 0.463 bits per heavy atom. The number of nitrogens with one attached hydrogen (secondary N) is 2. The van der Waals surface area contributed by atoms with Crippen LogP contribution in [0.4, 0.5) is 0 Å². The van der Waals surface area contributed by atoms with Crippen molar-refractivity contribution in [2.45, 2.75) is 174 Å². The first-order valence-corrected chi connectivity index (χ1v) is 18.0. The van der Waals surface area contributed by atoms with Crippen LogP contribution in [0, 0.1) is 0 Å². The molecular formula is C35H71N3O3. The summed E-state index contributed by atoms with van der Waals surface area (Å²) in [7, 11) is 0. The molecule has 6 heteroatoms. The van der Waals surface area contributed by atoms with E-state index in [1.165, 1.54) is 116 Å². The summed E-state index contributed by atoms with van der Waals surface area (Å²) in [5.41, 5.74) is 0. The SMILES string of the molecule is CCCCCCCCCCCCNC(=O)CCN(CCCCCO)CCC(=O)NCCCCCCCCCCCC. The van der Waals surface area contributed by atoms with Gasteiger partial charge >= 0.3 is 0 Å². The van der Waals surface area contributed by atoms with Crippen LogP contribution in [0.25, 0.3) is 0 Å². The lowest BCUT2D eigenvalue weighted by Gasteiger charge is -2.22. The minimum atomic E-state index is 0.117. The van der Waals surface area contributed by atoms with Gasteiger partial charge in [0.25, 0.3) is 0 Å². The van der Waals surface area contributed by atoms with Crippen LogP contribution >= 0.6 is 0 Å². The van der Waals surface area contributed by atoms with Gasteiger partial charge in [0.15, 0.2) is 0 Å². The predicted molar refractivity (Wildman–Crippen MR) is 176 cm³/mol. The van der Waals surface area contributed by atoms with Crippen LogP contribution in [0.5, 0.6) is 0 Å². The molecule has 0 rings (SSSR count). The third kappa shape index (κ3) is 31.6. The minimum Gasteiger partial charge on any atom is -0.396 e. The number of nitrogens with zero attached hydrogens (tertiary/aromatic N) is 1. The van der Waals surface area contributed by atoms with Crippen molar-refractivity contribution in [3.05, 3.63) is 0 Å². The van der Waals surface area contributed by atoms with Crippen molar-refractivity contribution in [3.63, 3.8) is 0 Å². The number of amides is 2. The van der Waals surface area contributed by atoms with Gasteiger partial charge < -0.3 is 20.6 Å². The Bertz CT molecular complexity index is 517. The maximum Gasteiger partial charge on any atom is 0.221 e. The van der Waals surface area contributed by atoms with Gasteiger partial charge in [-0.15, -0.1) is 0 Å². The van der Waals surface area contributed by atoms with Crippen molar-refractivity contribution >= 4 is 11.8 Å². The smallest absolute Gasteiger partial charge is 0.221 e. The second-order valence-electron chi connectivity index (χ2n) is 12.2. The van der Waals surface area contributed by atoms with E-state index < -0.39 is 0 Å². The highest BCUT2D eigenvalue weighted by Crippen LogP contribution is 2.11. The second-order valence-corrected chi connectivity index (χ2v) is 12.2. The van der Waals surface area contributed by atoms with Crippen molar-refractivity contribution in [3.8, 4) is 0 Å². The van der Waals surface area contributed by atoms with E-state index in [0.717, 1.165) is 51.7 Å². The van der Waals surface area contributed by atoms with Crippen molar-refractivity contribution in [1.82, 2.24) is 15.5 Å². The number of rotatable bonds is 33. The van der Waals surface area contributed by atoms with Crippen LogP contribution in [-0.4, -0.2) is 61.2 Å². The molecule has 0 spiro atoms. The molecule has 244 valence electrons. The molecule has 0 bridgehead atoms. The lowest BCUT2D eigenvalue weighted by atomic mass is 10.1. The molecule has 0 aromatic carbocycles. The highest BCUT2D eigenvalue weighted by atomic mass is 16.3. The summed E-state index contributed by atoms with van der Waals surface area (Å²) < 4.78 is 0. The van der Waals surface area contributed by atoms with E-state index in [4.69, 9.17) is 5.11 Å². The Morgan fingerprint density at radius 3 is 1.17 bits per heavy atom. The second kappa shape index (κ2) is 33.4. The molecule has 0 aliphatic heterocycles. The normalized spacial score (nSPS) is 11.3. The molecule has 0 unspecified atom stereocenters. The Labute approximate surface area is 255 Å². The van der Waals surface area contributed by atoms with Gasteiger partial charge in [-0.2, -0.15) is 0 Å². The molecule has 0 radical (unpaired) electrons. The van der Waals surface area contributed by atoms with E-state index in [2.05, 4.69) is 29.4 Å². The summed E-state index contributed by atoms with van der Waals surface area (Å²) in [6.45, 7) is 8.54. The zero-order valence-corrected chi connectivity index (χ0v) is 27.6. The van der Waals surface area contributed by atoms with Gasteiger partial charge in [0, 0.05) is 45.6 Å². The minimum absolute atomic E-state index is 0.117. The van der Waals surface area contributed by atoms with E-state index >= 15 is 0 Å². The standard InChI is InChI=1S/C35H71N3O3/c1-3-5-7-9-11-13-15-17-19-22-28-36-34(40)26-31-38(30-24-21-25-33-39)32-27-35(41)37-29-23-20-18-16-14-12-10-8-6-4-2/h39H,3-33H2,1-2H3,(H,36,40)(H,37,41). The summed E-state index contributed by atoms with van der Waals surface area (Å²) in [5.74, 6) is 0.235. The highest BCUT2D eigenvalue weighted by molar-refractivity contribution is 5.76. The van der Waals surface area contributed by atoms with Gasteiger partial charge in [0.2, 0.25) is 11.8 Å². The maximum absolute atomic E-state index is 12.4. The van der Waals surface area contributed by atoms with E-state index in [1.54, 1.807) is 0 Å². The van der Waals surface area contributed by atoms with Crippen molar-refractivity contribution < 1.29 is 14.7 Å². The fraction of sp³-hybridized carbons (Fsp3) is 0.943. The Morgan fingerprint density at radius 2 is 0.805 bits per heavy atom. The largest absolute Gasteiger partial charge is 0.396 e. The first kappa shape index (κ1) is 39.9. The molecule has 0 aromatic rings. The fourth-order valence-corrected chi connectivity index (χ4v) is 5.34. The summed E-state index contributed by atoms with van der Waals surface area (Å²) in [6, 6.07) is 0. The summed E-state index contributed by atoms with van der Waals surface area (Å²) in [6.07, 6.45) is 29.8. The zero-order valence-electron chi connectivity index (χ0n) is 27.6. The molecule has 6 nitrogen and oxygen atoms in total. The van der Waals surface area contributed by atoms with Gasteiger partial charge in [-0.3, -0.25) is 9.59 Å². The molecular weight excluding hydrogens is 510 g/mol.